The fourth-order valence-electron chi connectivity index (χ4n) is 3.16. The molecule has 1 heterocycles. The van der Waals surface area contributed by atoms with E-state index in [0.717, 1.165) is 11.6 Å². The Kier molecular flexibility index (Phi) is 6.24. The topological polar surface area (TPSA) is 88.8 Å². The van der Waals surface area contributed by atoms with Gasteiger partial charge in [-0.05, 0) is 42.8 Å². The number of benzene rings is 2. The van der Waals surface area contributed by atoms with Gasteiger partial charge in [0.15, 0.2) is 0 Å². The standard InChI is InChI=1S/C21H20FNO5S/c1-3-28-21(27)19-16-6-12(10-24)4-5-17(16)23(2)18(19)11-29-15-8-13(20(25)26)7-14(22)9-15/h4-9,24H,3,10-11H2,1-2H3,(H,25,26). The number of carboxylic acids is 1. The van der Waals surface area contributed by atoms with Crippen molar-refractivity contribution < 1.29 is 28.9 Å². The minimum atomic E-state index is -1.21. The second-order valence-electron chi connectivity index (χ2n) is 6.38. The van der Waals surface area contributed by atoms with E-state index in [1.165, 1.54) is 23.9 Å². The molecule has 0 fully saturated rings. The number of halogens is 1. The predicted octanol–water partition coefficient (Wildman–Crippen LogP) is 3.98. The molecule has 0 atom stereocenters. The number of rotatable bonds is 7. The lowest BCUT2D eigenvalue weighted by molar-refractivity contribution is 0.0527. The van der Waals surface area contributed by atoms with Crippen molar-refractivity contribution in [3.8, 4) is 0 Å². The first-order valence-corrected chi connectivity index (χ1v) is 9.89. The van der Waals surface area contributed by atoms with Crippen molar-refractivity contribution in [1.29, 1.82) is 0 Å². The Balaban J connectivity index is 2.04. The Hall–Kier alpha value is -2.84. The van der Waals surface area contributed by atoms with Crippen LogP contribution in [-0.2, 0) is 24.1 Å². The van der Waals surface area contributed by atoms with Crippen LogP contribution >= 0.6 is 11.8 Å². The third-order valence-electron chi connectivity index (χ3n) is 4.54. The molecule has 2 aromatic carbocycles. The predicted molar refractivity (Wildman–Crippen MR) is 108 cm³/mol. The summed E-state index contributed by atoms with van der Waals surface area (Å²) < 4.78 is 20.8. The zero-order valence-corrected chi connectivity index (χ0v) is 16.8. The number of ether oxygens (including phenoxy) is 1. The van der Waals surface area contributed by atoms with Crippen LogP contribution in [0, 0.1) is 5.82 Å². The van der Waals surface area contributed by atoms with Crippen LogP contribution in [0.15, 0.2) is 41.3 Å². The molecule has 0 radical (unpaired) electrons. The van der Waals surface area contributed by atoms with Gasteiger partial charge in [-0.25, -0.2) is 14.0 Å². The number of aliphatic hydroxyl groups excluding tert-OH is 1. The Labute approximate surface area is 170 Å². The monoisotopic (exact) mass is 417 g/mol. The summed E-state index contributed by atoms with van der Waals surface area (Å²) in [6.45, 7) is 1.78. The summed E-state index contributed by atoms with van der Waals surface area (Å²) in [7, 11) is 1.81. The fourth-order valence-corrected chi connectivity index (χ4v) is 4.21. The van der Waals surface area contributed by atoms with E-state index in [-0.39, 0.29) is 18.8 Å². The van der Waals surface area contributed by atoms with Crippen molar-refractivity contribution in [1.82, 2.24) is 4.57 Å². The van der Waals surface area contributed by atoms with E-state index in [1.54, 1.807) is 19.1 Å². The Morgan fingerprint density at radius 2 is 1.97 bits per heavy atom. The number of aromatic nitrogens is 1. The molecule has 0 saturated carbocycles. The van der Waals surface area contributed by atoms with E-state index >= 15 is 0 Å². The van der Waals surface area contributed by atoms with E-state index in [9.17, 15) is 19.1 Å². The van der Waals surface area contributed by atoms with Crippen molar-refractivity contribution in [2.75, 3.05) is 6.61 Å². The average molecular weight is 417 g/mol. The maximum atomic E-state index is 13.8. The van der Waals surface area contributed by atoms with Gasteiger partial charge in [0.1, 0.15) is 5.82 Å². The van der Waals surface area contributed by atoms with Crippen LogP contribution in [0.1, 0.15) is 38.9 Å². The number of carboxylic acid groups (broad SMARTS) is 1. The van der Waals surface area contributed by atoms with Crippen molar-refractivity contribution >= 4 is 34.6 Å². The van der Waals surface area contributed by atoms with Gasteiger partial charge in [0.25, 0.3) is 0 Å². The van der Waals surface area contributed by atoms with Crippen LogP contribution in [-0.4, -0.2) is 33.3 Å². The van der Waals surface area contributed by atoms with E-state index < -0.39 is 17.8 Å². The third-order valence-corrected chi connectivity index (χ3v) is 5.53. The SMILES string of the molecule is CCOC(=O)c1c(CSc2cc(F)cc(C(=O)O)c2)n(C)c2ccc(CO)cc12. The zero-order valence-electron chi connectivity index (χ0n) is 15.9. The zero-order chi connectivity index (χ0) is 21.1. The summed E-state index contributed by atoms with van der Waals surface area (Å²) >= 11 is 1.23. The van der Waals surface area contributed by atoms with Crippen molar-refractivity contribution in [3.05, 3.63) is 64.6 Å². The normalized spacial score (nSPS) is 11.0. The number of aliphatic hydroxyl groups is 1. The number of hydrogen-bond acceptors (Lipinski definition) is 5. The molecule has 0 amide bonds. The molecule has 0 bridgehead atoms. The summed E-state index contributed by atoms with van der Waals surface area (Å²) in [5.74, 6) is -2.02. The molecule has 152 valence electrons. The molecule has 0 aliphatic carbocycles. The molecule has 2 N–H and O–H groups in total. The summed E-state index contributed by atoms with van der Waals surface area (Å²) in [4.78, 5) is 24.3. The number of carbonyl (C=O) groups excluding carboxylic acids is 1. The van der Waals surface area contributed by atoms with Gasteiger partial charge in [-0.15, -0.1) is 11.8 Å². The maximum absolute atomic E-state index is 13.8. The lowest BCUT2D eigenvalue weighted by Crippen LogP contribution is -2.08. The van der Waals surface area contributed by atoms with Crippen LogP contribution in [0.2, 0.25) is 0 Å². The van der Waals surface area contributed by atoms with Gasteiger partial charge in [-0.2, -0.15) is 0 Å². The van der Waals surface area contributed by atoms with Crippen LogP contribution in [0.25, 0.3) is 10.9 Å². The number of thioether (sulfide) groups is 1. The number of esters is 1. The summed E-state index contributed by atoms with van der Waals surface area (Å²) in [6, 6.07) is 8.97. The molecule has 1 aromatic heterocycles. The molecule has 3 rings (SSSR count). The number of fused-ring (bicyclic) bond motifs is 1. The summed E-state index contributed by atoms with van der Waals surface area (Å²) in [6.07, 6.45) is 0. The average Bonchev–Trinajstić information content (AvgIpc) is 2.97. The minimum absolute atomic E-state index is 0.136. The molecule has 0 unspecified atom stereocenters. The quantitative estimate of drug-likeness (QED) is 0.447. The highest BCUT2D eigenvalue weighted by molar-refractivity contribution is 7.98. The van der Waals surface area contributed by atoms with E-state index in [2.05, 4.69) is 0 Å². The fraction of sp³-hybridized carbons (Fsp3) is 0.238. The van der Waals surface area contributed by atoms with Crippen molar-refractivity contribution in [2.45, 2.75) is 24.2 Å². The van der Waals surface area contributed by atoms with Gasteiger partial charge >= 0.3 is 11.9 Å². The smallest absolute Gasteiger partial charge is 0.340 e. The minimum Gasteiger partial charge on any atom is -0.478 e. The van der Waals surface area contributed by atoms with Gasteiger partial charge in [0.2, 0.25) is 0 Å². The first-order chi connectivity index (χ1) is 13.8. The van der Waals surface area contributed by atoms with Gasteiger partial charge in [0.05, 0.1) is 24.3 Å². The van der Waals surface area contributed by atoms with Crippen LogP contribution in [0.3, 0.4) is 0 Å². The third kappa shape index (κ3) is 4.28. The summed E-state index contributed by atoms with van der Waals surface area (Å²) in [5, 5.41) is 19.2. The molecule has 29 heavy (non-hydrogen) atoms. The molecular weight excluding hydrogens is 397 g/mol. The summed E-state index contributed by atoms with van der Waals surface area (Å²) in [5.41, 5.74) is 2.39. The molecule has 0 saturated heterocycles. The van der Waals surface area contributed by atoms with Crippen LogP contribution < -0.4 is 0 Å². The Morgan fingerprint density at radius 1 is 1.21 bits per heavy atom. The number of carbonyl (C=O) groups is 2. The van der Waals surface area contributed by atoms with E-state index in [0.29, 0.717) is 32.9 Å². The first-order valence-electron chi connectivity index (χ1n) is 8.90. The van der Waals surface area contributed by atoms with Crippen LogP contribution in [0.5, 0.6) is 0 Å². The van der Waals surface area contributed by atoms with E-state index in [1.807, 2.05) is 17.7 Å². The second-order valence-corrected chi connectivity index (χ2v) is 7.43. The highest BCUT2D eigenvalue weighted by Crippen LogP contribution is 2.33. The number of aromatic carboxylic acids is 1. The second kappa shape index (κ2) is 8.67. The molecule has 0 aliphatic heterocycles. The molecule has 0 aliphatic rings. The number of hydrogen-bond donors (Lipinski definition) is 2. The van der Waals surface area contributed by atoms with Gasteiger partial charge < -0.3 is 19.5 Å². The maximum Gasteiger partial charge on any atom is 0.340 e. The highest BCUT2D eigenvalue weighted by atomic mass is 32.2. The molecule has 0 spiro atoms. The number of aryl methyl sites for hydroxylation is 1. The lowest BCUT2D eigenvalue weighted by atomic mass is 10.1. The van der Waals surface area contributed by atoms with Crippen molar-refractivity contribution in [3.63, 3.8) is 0 Å². The molecule has 8 heteroatoms. The molecular formula is C21H20FNO5S. The van der Waals surface area contributed by atoms with Crippen LogP contribution in [0.4, 0.5) is 4.39 Å². The van der Waals surface area contributed by atoms with Crippen molar-refractivity contribution in [2.24, 2.45) is 7.05 Å². The van der Waals surface area contributed by atoms with Gasteiger partial charge in [-0.3, -0.25) is 0 Å². The molecule has 6 nitrogen and oxygen atoms in total. The van der Waals surface area contributed by atoms with Gasteiger partial charge in [0, 0.05) is 34.3 Å². The Bertz CT molecular complexity index is 1090. The van der Waals surface area contributed by atoms with E-state index in [4.69, 9.17) is 9.84 Å². The lowest BCUT2D eigenvalue weighted by Gasteiger charge is -2.08. The Morgan fingerprint density at radius 3 is 2.62 bits per heavy atom. The first kappa shape index (κ1) is 20.9. The largest absolute Gasteiger partial charge is 0.478 e. The highest BCUT2D eigenvalue weighted by Gasteiger charge is 2.23. The van der Waals surface area contributed by atoms with Gasteiger partial charge in [-0.1, -0.05) is 6.07 Å². The number of nitrogens with zero attached hydrogens (tertiary/aromatic N) is 1. The molecule has 3 aromatic rings.